The summed E-state index contributed by atoms with van der Waals surface area (Å²) in [5, 5.41) is 7.87. The summed E-state index contributed by atoms with van der Waals surface area (Å²) < 4.78 is 7.74. The van der Waals surface area contributed by atoms with Crippen LogP contribution in [-0.4, -0.2) is 28.0 Å². The Hall–Kier alpha value is -1.03. The Labute approximate surface area is 96.0 Å². The number of aromatic nitrogens is 2. The minimum absolute atomic E-state index is 0.213. The highest BCUT2D eigenvalue weighted by molar-refractivity contribution is 5.33. The molecular formula is C12H19N3O. The molecule has 0 amide bonds. The second kappa shape index (κ2) is 3.77. The van der Waals surface area contributed by atoms with Gasteiger partial charge >= 0.3 is 0 Å². The molecule has 2 heterocycles. The smallest absolute Gasteiger partial charge is 0.148 e. The normalized spacial score (nSPS) is 27.7. The number of hydrogen-bond acceptors (Lipinski definition) is 3. The summed E-state index contributed by atoms with van der Waals surface area (Å²) in [7, 11) is 1.95. The van der Waals surface area contributed by atoms with Crippen molar-refractivity contribution in [2.24, 2.45) is 7.05 Å². The molecule has 0 radical (unpaired) electrons. The van der Waals surface area contributed by atoms with E-state index in [1.54, 1.807) is 0 Å². The molecule has 1 spiro atoms. The van der Waals surface area contributed by atoms with Gasteiger partial charge in [-0.2, -0.15) is 5.10 Å². The minimum Gasteiger partial charge on any atom is -0.375 e. The zero-order valence-electron chi connectivity index (χ0n) is 9.78. The van der Waals surface area contributed by atoms with Crippen LogP contribution in [0.4, 0.5) is 5.82 Å². The van der Waals surface area contributed by atoms with Crippen molar-refractivity contribution < 1.29 is 4.74 Å². The van der Waals surface area contributed by atoms with Gasteiger partial charge in [-0.25, -0.2) is 0 Å². The highest BCUT2D eigenvalue weighted by Crippen LogP contribution is 2.42. The zero-order chi connectivity index (χ0) is 11.0. The van der Waals surface area contributed by atoms with E-state index in [0.717, 1.165) is 25.3 Å². The average molecular weight is 221 g/mol. The van der Waals surface area contributed by atoms with Crippen LogP contribution in [0.15, 0.2) is 12.3 Å². The first kappa shape index (κ1) is 10.1. The van der Waals surface area contributed by atoms with E-state index in [0.29, 0.717) is 6.04 Å². The van der Waals surface area contributed by atoms with Crippen LogP contribution in [0.1, 0.15) is 32.1 Å². The van der Waals surface area contributed by atoms with E-state index in [4.69, 9.17) is 4.74 Å². The van der Waals surface area contributed by atoms with Gasteiger partial charge in [0.1, 0.15) is 5.82 Å². The standard InChI is InChI=1S/C12H19N3O/c1-15-7-3-11(14-15)13-10-4-8-16-12(9-10)5-2-6-12/h3,7,10H,2,4-6,8-9H2,1H3,(H,13,14). The molecule has 1 aliphatic carbocycles. The molecule has 1 saturated heterocycles. The first-order valence-corrected chi connectivity index (χ1v) is 6.16. The van der Waals surface area contributed by atoms with Gasteiger partial charge in [0.05, 0.1) is 5.60 Å². The van der Waals surface area contributed by atoms with E-state index in [1.807, 2.05) is 24.0 Å². The Balaban J connectivity index is 1.62. The van der Waals surface area contributed by atoms with Gasteiger partial charge in [-0.3, -0.25) is 4.68 Å². The lowest BCUT2D eigenvalue weighted by atomic mass is 9.74. The summed E-state index contributed by atoms with van der Waals surface area (Å²) in [6, 6.07) is 2.56. The van der Waals surface area contributed by atoms with Crippen LogP contribution in [0.2, 0.25) is 0 Å². The summed E-state index contributed by atoms with van der Waals surface area (Å²) in [5.74, 6) is 0.990. The van der Waals surface area contributed by atoms with E-state index in [9.17, 15) is 0 Å². The molecule has 1 N–H and O–H groups in total. The van der Waals surface area contributed by atoms with Crippen LogP contribution in [0.3, 0.4) is 0 Å². The average Bonchev–Trinajstić information content (AvgIpc) is 2.62. The molecule has 1 saturated carbocycles. The second-order valence-corrected chi connectivity index (χ2v) is 5.09. The molecule has 1 aromatic rings. The second-order valence-electron chi connectivity index (χ2n) is 5.09. The summed E-state index contributed by atoms with van der Waals surface area (Å²) in [5.41, 5.74) is 0.213. The first-order chi connectivity index (χ1) is 7.76. The molecular weight excluding hydrogens is 202 g/mol. The Morgan fingerprint density at radius 1 is 1.56 bits per heavy atom. The molecule has 4 heteroatoms. The van der Waals surface area contributed by atoms with Gasteiger partial charge in [-0.1, -0.05) is 0 Å². The fourth-order valence-electron chi connectivity index (χ4n) is 2.77. The van der Waals surface area contributed by atoms with Crippen LogP contribution in [0.5, 0.6) is 0 Å². The number of ether oxygens (including phenoxy) is 1. The highest BCUT2D eigenvalue weighted by Gasteiger charge is 2.42. The monoisotopic (exact) mass is 221 g/mol. The van der Waals surface area contributed by atoms with Crippen LogP contribution < -0.4 is 5.32 Å². The number of nitrogens with zero attached hydrogens (tertiary/aromatic N) is 2. The Morgan fingerprint density at radius 3 is 3.06 bits per heavy atom. The van der Waals surface area contributed by atoms with Gasteiger partial charge in [-0.15, -0.1) is 0 Å². The minimum atomic E-state index is 0.213. The summed E-state index contributed by atoms with van der Waals surface area (Å²) in [6.45, 7) is 0.893. The number of anilines is 1. The fourth-order valence-corrected chi connectivity index (χ4v) is 2.77. The molecule has 88 valence electrons. The van der Waals surface area contributed by atoms with Crippen molar-refractivity contribution in [2.45, 2.75) is 43.7 Å². The van der Waals surface area contributed by atoms with Crippen LogP contribution >= 0.6 is 0 Å². The lowest BCUT2D eigenvalue weighted by Crippen LogP contribution is -2.49. The van der Waals surface area contributed by atoms with Crippen molar-refractivity contribution in [1.82, 2.24) is 9.78 Å². The lowest BCUT2D eigenvalue weighted by molar-refractivity contribution is -0.130. The summed E-state index contributed by atoms with van der Waals surface area (Å²) >= 11 is 0. The molecule has 2 fully saturated rings. The van der Waals surface area contributed by atoms with Crippen molar-refractivity contribution in [2.75, 3.05) is 11.9 Å². The molecule has 16 heavy (non-hydrogen) atoms. The summed E-state index contributed by atoms with van der Waals surface area (Å²) in [6.07, 6.45) is 8.03. The quantitative estimate of drug-likeness (QED) is 0.829. The lowest BCUT2D eigenvalue weighted by Gasteiger charge is -2.47. The van der Waals surface area contributed by atoms with Crippen molar-refractivity contribution in [3.8, 4) is 0 Å². The number of nitrogens with one attached hydrogen (secondary N) is 1. The van der Waals surface area contributed by atoms with Gasteiger partial charge < -0.3 is 10.1 Å². The van der Waals surface area contributed by atoms with E-state index in [2.05, 4.69) is 10.4 Å². The van der Waals surface area contributed by atoms with Crippen LogP contribution in [0.25, 0.3) is 0 Å². The molecule has 1 aliphatic heterocycles. The summed E-state index contributed by atoms with van der Waals surface area (Å²) in [4.78, 5) is 0. The zero-order valence-corrected chi connectivity index (χ0v) is 9.78. The first-order valence-electron chi connectivity index (χ1n) is 6.16. The number of rotatable bonds is 2. The SMILES string of the molecule is Cn1ccc(NC2CCOC3(CCC3)C2)n1. The van der Waals surface area contributed by atoms with Crippen molar-refractivity contribution in [3.05, 3.63) is 12.3 Å². The maximum atomic E-state index is 5.91. The molecule has 1 unspecified atom stereocenters. The molecule has 0 bridgehead atoms. The van der Waals surface area contributed by atoms with E-state index in [1.165, 1.54) is 19.3 Å². The number of aryl methyl sites for hydroxylation is 1. The molecule has 4 nitrogen and oxygen atoms in total. The van der Waals surface area contributed by atoms with E-state index >= 15 is 0 Å². The predicted octanol–water partition coefficient (Wildman–Crippen LogP) is 1.93. The molecule has 1 atom stereocenters. The predicted molar refractivity (Wildman–Crippen MR) is 62.4 cm³/mol. The van der Waals surface area contributed by atoms with Gasteiger partial charge in [0.15, 0.2) is 0 Å². The van der Waals surface area contributed by atoms with Gasteiger partial charge in [0.2, 0.25) is 0 Å². The fraction of sp³-hybridized carbons (Fsp3) is 0.750. The number of hydrogen-bond donors (Lipinski definition) is 1. The van der Waals surface area contributed by atoms with Crippen molar-refractivity contribution in [1.29, 1.82) is 0 Å². The molecule has 3 rings (SSSR count). The van der Waals surface area contributed by atoms with Crippen LogP contribution in [0, 0.1) is 0 Å². The third kappa shape index (κ3) is 1.82. The van der Waals surface area contributed by atoms with Crippen LogP contribution in [-0.2, 0) is 11.8 Å². The van der Waals surface area contributed by atoms with Crippen molar-refractivity contribution >= 4 is 5.82 Å². The third-order valence-corrected chi connectivity index (χ3v) is 3.82. The topological polar surface area (TPSA) is 39.1 Å². The molecule has 2 aliphatic rings. The maximum Gasteiger partial charge on any atom is 0.148 e. The van der Waals surface area contributed by atoms with Gasteiger partial charge in [-0.05, 0) is 32.1 Å². The molecule has 1 aromatic heterocycles. The highest BCUT2D eigenvalue weighted by atomic mass is 16.5. The van der Waals surface area contributed by atoms with Gasteiger partial charge in [0, 0.05) is 32.0 Å². The third-order valence-electron chi connectivity index (χ3n) is 3.82. The molecule has 0 aromatic carbocycles. The maximum absolute atomic E-state index is 5.91. The Bertz CT molecular complexity index is 370. The Kier molecular flexibility index (Phi) is 2.39. The van der Waals surface area contributed by atoms with Crippen molar-refractivity contribution in [3.63, 3.8) is 0 Å². The van der Waals surface area contributed by atoms with Gasteiger partial charge in [0.25, 0.3) is 0 Å². The Morgan fingerprint density at radius 2 is 2.44 bits per heavy atom. The van der Waals surface area contributed by atoms with E-state index in [-0.39, 0.29) is 5.60 Å². The van der Waals surface area contributed by atoms with E-state index < -0.39 is 0 Å². The largest absolute Gasteiger partial charge is 0.375 e.